The second-order valence-electron chi connectivity index (χ2n) is 7.05. The van der Waals surface area contributed by atoms with Crippen LogP contribution in [0.15, 0.2) is 12.4 Å². The predicted molar refractivity (Wildman–Crippen MR) is 71.6 cm³/mol. The van der Waals surface area contributed by atoms with Crippen molar-refractivity contribution in [2.75, 3.05) is 0 Å². The van der Waals surface area contributed by atoms with Crippen LogP contribution in [0.4, 0.5) is 0 Å². The molecule has 0 aromatic carbocycles. The lowest BCUT2D eigenvalue weighted by molar-refractivity contribution is -0.0167. The van der Waals surface area contributed by atoms with Gasteiger partial charge in [-0.3, -0.25) is 9.48 Å². The molecule has 0 atom stereocenters. The zero-order chi connectivity index (χ0) is 13.0. The van der Waals surface area contributed by atoms with E-state index in [4.69, 9.17) is 0 Å². The van der Waals surface area contributed by atoms with Crippen LogP contribution in [0.1, 0.15) is 48.9 Å². The molecule has 1 N–H and O–H groups in total. The minimum absolute atomic E-state index is 0.0649. The summed E-state index contributed by atoms with van der Waals surface area (Å²) in [7, 11) is 1.85. The minimum Gasteiger partial charge on any atom is -0.346 e. The van der Waals surface area contributed by atoms with Crippen LogP contribution in [0.5, 0.6) is 0 Å². The Hall–Kier alpha value is -1.32. The highest BCUT2D eigenvalue weighted by atomic mass is 16.1. The molecule has 0 radical (unpaired) electrons. The highest BCUT2D eigenvalue weighted by Crippen LogP contribution is 2.55. The van der Waals surface area contributed by atoms with Gasteiger partial charge in [-0.15, -0.1) is 0 Å². The van der Waals surface area contributed by atoms with E-state index in [-0.39, 0.29) is 11.4 Å². The van der Waals surface area contributed by atoms with Crippen molar-refractivity contribution < 1.29 is 4.79 Å². The van der Waals surface area contributed by atoms with Gasteiger partial charge in [0.15, 0.2) is 0 Å². The predicted octanol–water partition coefficient (Wildman–Crippen LogP) is 2.12. The second kappa shape index (κ2) is 3.84. The lowest BCUT2D eigenvalue weighted by Crippen LogP contribution is -2.59. The fourth-order valence-electron chi connectivity index (χ4n) is 5.12. The molecule has 4 nitrogen and oxygen atoms in total. The number of hydrogen-bond acceptors (Lipinski definition) is 2. The summed E-state index contributed by atoms with van der Waals surface area (Å²) in [6, 6.07) is 0. The Bertz CT molecular complexity index is 484. The van der Waals surface area contributed by atoms with E-state index in [0.717, 1.165) is 17.8 Å². The van der Waals surface area contributed by atoms with Crippen LogP contribution in [0.2, 0.25) is 0 Å². The zero-order valence-corrected chi connectivity index (χ0v) is 11.4. The molecule has 0 aliphatic heterocycles. The summed E-state index contributed by atoms with van der Waals surface area (Å²) >= 11 is 0. The van der Waals surface area contributed by atoms with Crippen molar-refractivity contribution in [2.24, 2.45) is 24.8 Å². The van der Waals surface area contributed by atoms with Gasteiger partial charge in [-0.25, -0.2) is 0 Å². The van der Waals surface area contributed by atoms with Gasteiger partial charge in [0, 0.05) is 18.8 Å². The first-order chi connectivity index (χ1) is 9.12. The summed E-state index contributed by atoms with van der Waals surface area (Å²) in [6.45, 7) is 0. The molecule has 19 heavy (non-hydrogen) atoms. The second-order valence-corrected chi connectivity index (χ2v) is 7.05. The van der Waals surface area contributed by atoms with Crippen molar-refractivity contribution in [2.45, 2.75) is 44.1 Å². The molecule has 0 spiro atoms. The molecular weight excluding hydrogens is 238 g/mol. The standard InChI is InChI=1S/C15H21N3O/c1-18-9-13(8-16-18)14(19)17-15-5-10-2-11(6-15)4-12(3-10)7-15/h8-12H,2-7H2,1H3,(H,17,19). The summed E-state index contributed by atoms with van der Waals surface area (Å²) in [6.07, 6.45) is 11.3. The third-order valence-electron chi connectivity index (χ3n) is 5.38. The maximum atomic E-state index is 12.4. The Morgan fingerprint density at radius 3 is 2.32 bits per heavy atom. The molecular formula is C15H21N3O. The van der Waals surface area contributed by atoms with Crippen molar-refractivity contribution in [1.82, 2.24) is 15.1 Å². The molecule has 0 unspecified atom stereocenters. The van der Waals surface area contributed by atoms with E-state index in [9.17, 15) is 4.79 Å². The van der Waals surface area contributed by atoms with E-state index < -0.39 is 0 Å². The van der Waals surface area contributed by atoms with Crippen LogP contribution in [-0.2, 0) is 7.05 Å². The summed E-state index contributed by atoms with van der Waals surface area (Å²) in [5.41, 5.74) is 0.792. The molecule has 1 heterocycles. The molecule has 5 rings (SSSR count). The monoisotopic (exact) mass is 259 g/mol. The maximum Gasteiger partial charge on any atom is 0.254 e. The number of nitrogens with zero attached hydrogens (tertiary/aromatic N) is 2. The molecule has 4 fully saturated rings. The Balaban J connectivity index is 1.54. The number of nitrogens with one attached hydrogen (secondary N) is 1. The van der Waals surface area contributed by atoms with Crippen LogP contribution < -0.4 is 5.32 Å². The first kappa shape index (κ1) is 11.5. The summed E-state index contributed by atoms with van der Waals surface area (Å²) < 4.78 is 1.69. The number of aryl methyl sites for hydroxylation is 1. The van der Waals surface area contributed by atoms with E-state index >= 15 is 0 Å². The average molecular weight is 259 g/mol. The Morgan fingerprint density at radius 1 is 1.26 bits per heavy atom. The van der Waals surface area contributed by atoms with Crippen LogP contribution in [0.25, 0.3) is 0 Å². The number of amides is 1. The first-order valence-corrected chi connectivity index (χ1v) is 7.43. The van der Waals surface area contributed by atoms with E-state index in [1.165, 1.54) is 38.5 Å². The minimum atomic E-state index is 0.0649. The van der Waals surface area contributed by atoms with Crippen LogP contribution in [0, 0.1) is 17.8 Å². The highest BCUT2D eigenvalue weighted by Gasteiger charge is 2.51. The smallest absolute Gasteiger partial charge is 0.254 e. The molecule has 4 aliphatic carbocycles. The lowest BCUT2D eigenvalue weighted by Gasteiger charge is -2.56. The Morgan fingerprint density at radius 2 is 1.84 bits per heavy atom. The van der Waals surface area contributed by atoms with Crippen LogP contribution >= 0.6 is 0 Å². The van der Waals surface area contributed by atoms with Crippen molar-refractivity contribution >= 4 is 5.91 Å². The molecule has 1 aromatic rings. The van der Waals surface area contributed by atoms with Gasteiger partial charge in [-0.05, 0) is 56.3 Å². The van der Waals surface area contributed by atoms with Gasteiger partial charge in [0.1, 0.15) is 0 Å². The summed E-state index contributed by atoms with van der Waals surface area (Å²) in [5, 5.41) is 7.45. The Labute approximate surface area is 113 Å². The number of rotatable bonds is 2. The maximum absolute atomic E-state index is 12.4. The third-order valence-corrected chi connectivity index (χ3v) is 5.38. The van der Waals surface area contributed by atoms with Crippen LogP contribution in [-0.4, -0.2) is 21.2 Å². The molecule has 1 amide bonds. The van der Waals surface area contributed by atoms with E-state index in [2.05, 4.69) is 10.4 Å². The molecule has 4 aliphatic rings. The van der Waals surface area contributed by atoms with Gasteiger partial charge >= 0.3 is 0 Å². The highest BCUT2D eigenvalue weighted by molar-refractivity contribution is 5.94. The number of carbonyl (C=O) groups is 1. The van der Waals surface area contributed by atoms with Crippen molar-refractivity contribution in [1.29, 1.82) is 0 Å². The van der Waals surface area contributed by atoms with Gasteiger partial charge in [0.2, 0.25) is 0 Å². The molecule has 1 aromatic heterocycles. The summed E-state index contributed by atoms with van der Waals surface area (Å²) in [5.74, 6) is 2.65. The van der Waals surface area contributed by atoms with Crippen molar-refractivity contribution in [3.05, 3.63) is 18.0 Å². The molecule has 4 bridgehead atoms. The van der Waals surface area contributed by atoms with E-state index in [0.29, 0.717) is 5.56 Å². The third kappa shape index (κ3) is 1.88. The molecule has 4 heteroatoms. The fourth-order valence-corrected chi connectivity index (χ4v) is 5.12. The number of hydrogen-bond donors (Lipinski definition) is 1. The molecule has 4 saturated carbocycles. The van der Waals surface area contributed by atoms with Gasteiger partial charge in [-0.2, -0.15) is 5.10 Å². The first-order valence-electron chi connectivity index (χ1n) is 7.43. The average Bonchev–Trinajstić information content (AvgIpc) is 2.73. The van der Waals surface area contributed by atoms with Gasteiger partial charge in [-0.1, -0.05) is 0 Å². The Kier molecular flexibility index (Phi) is 2.32. The van der Waals surface area contributed by atoms with Crippen molar-refractivity contribution in [3.8, 4) is 0 Å². The number of aromatic nitrogens is 2. The fraction of sp³-hybridized carbons (Fsp3) is 0.733. The SMILES string of the molecule is Cn1cc(C(=O)NC23CC4CC(CC(C4)C2)C3)cn1. The zero-order valence-electron chi connectivity index (χ0n) is 11.4. The topological polar surface area (TPSA) is 46.9 Å². The largest absolute Gasteiger partial charge is 0.346 e. The number of carbonyl (C=O) groups excluding carboxylic acids is 1. The van der Waals surface area contributed by atoms with Gasteiger partial charge in [0.05, 0.1) is 11.8 Å². The summed E-state index contributed by atoms with van der Waals surface area (Å²) in [4.78, 5) is 12.4. The van der Waals surface area contributed by atoms with Crippen LogP contribution in [0.3, 0.4) is 0 Å². The van der Waals surface area contributed by atoms with Gasteiger partial charge in [0.25, 0.3) is 5.91 Å². The van der Waals surface area contributed by atoms with Crippen molar-refractivity contribution in [3.63, 3.8) is 0 Å². The lowest BCUT2D eigenvalue weighted by atomic mass is 9.53. The van der Waals surface area contributed by atoms with E-state index in [1.54, 1.807) is 17.1 Å². The quantitative estimate of drug-likeness (QED) is 0.884. The van der Waals surface area contributed by atoms with Gasteiger partial charge < -0.3 is 5.32 Å². The molecule has 0 saturated heterocycles. The molecule has 102 valence electrons. The van der Waals surface area contributed by atoms with E-state index in [1.807, 2.05) is 7.05 Å². The normalized spacial score (nSPS) is 39.5.